The van der Waals surface area contributed by atoms with Crippen molar-refractivity contribution < 1.29 is 14.4 Å². The lowest BCUT2D eigenvalue weighted by Gasteiger charge is -2.20. The molecule has 1 saturated heterocycles. The number of hydrogen-bond donors (Lipinski definition) is 1. The Morgan fingerprint density at radius 1 is 1.18 bits per heavy atom. The number of nitrogens with one attached hydrogen (secondary N) is 1. The fourth-order valence-corrected chi connectivity index (χ4v) is 2.12. The lowest BCUT2D eigenvalue weighted by atomic mass is 10.1. The zero-order valence-corrected chi connectivity index (χ0v) is 13.1. The SMILES string of the molecule is CC(C)C(C)NC(=O)CN1C(=O)CN(c2ccccc2)C1=O. The molecule has 1 atom stereocenters. The van der Waals surface area contributed by atoms with Crippen LogP contribution in [0.1, 0.15) is 20.8 Å². The number of anilines is 1. The maximum Gasteiger partial charge on any atom is 0.332 e. The third-order valence-corrected chi connectivity index (χ3v) is 3.81. The van der Waals surface area contributed by atoms with E-state index in [2.05, 4.69) is 5.32 Å². The van der Waals surface area contributed by atoms with Gasteiger partial charge >= 0.3 is 6.03 Å². The van der Waals surface area contributed by atoms with E-state index in [1.165, 1.54) is 4.90 Å². The van der Waals surface area contributed by atoms with E-state index >= 15 is 0 Å². The molecule has 2 rings (SSSR count). The fraction of sp³-hybridized carbons (Fsp3) is 0.438. The number of carbonyl (C=O) groups is 3. The summed E-state index contributed by atoms with van der Waals surface area (Å²) in [6, 6.07) is 8.49. The first-order valence-corrected chi connectivity index (χ1v) is 7.36. The quantitative estimate of drug-likeness (QED) is 0.840. The summed E-state index contributed by atoms with van der Waals surface area (Å²) >= 11 is 0. The molecule has 0 aliphatic carbocycles. The van der Waals surface area contributed by atoms with E-state index in [4.69, 9.17) is 0 Å². The van der Waals surface area contributed by atoms with Gasteiger partial charge in [-0.1, -0.05) is 32.0 Å². The molecule has 1 unspecified atom stereocenters. The molecule has 0 bridgehead atoms. The molecule has 1 N–H and O–H groups in total. The van der Waals surface area contributed by atoms with Crippen molar-refractivity contribution in [3.05, 3.63) is 30.3 Å². The molecule has 1 fully saturated rings. The van der Waals surface area contributed by atoms with Crippen LogP contribution in [0.25, 0.3) is 0 Å². The van der Waals surface area contributed by atoms with Crippen molar-refractivity contribution in [3.8, 4) is 0 Å². The van der Waals surface area contributed by atoms with Crippen LogP contribution < -0.4 is 10.2 Å². The molecule has 118 valence electrons. The summed E-state index contributed by atoms with van der Waals surface area (Å²) in [5.74, 6) is -0.395. The predicted octanol–water partition coefficient (Wildman–Crippen LogP) is 1.62. The molecule has 0 spiro atoms. The Balaban J connectivity index is 2.02. The van der Waals surface area contributed by atoms with E-state index in [0.29, 0.717) is 5.69 Å². The van der Waals surface area contributed by atoms with Crippen LogP contribution in [0.3, 0.4) is 0 Å². The normalized spacial score (nSPS) is 16.4. The second-order valence-electron chi connectivity index (χ2n) is 5.78. The first-order valence-electron chi connectivity index (χ1n) is 7.36. The molecule has 0 aromatic heterocycles. The lowest BCUT2D eigenvalue weighted by molar-refractivity contribution is -0.131. The largest absolute Gasteiger partial charge is 0.352 e. The third-order valence-electron chi connectivity index (χ3n) is 3.81. The average molecular weight is 303 g/mol. The van der Waals surface area contributed by atoms with Crippen LogP contribution in [-0.4, -0.2) is 41.9 Å². The maximum absolute atomic E-state index is 12.3. The predicted molar refractivity (Wildman–Crippen MR) is 83.3 cm³/mol. The molecule has 6 nitrogen and oxygen atoms in total. The molecule has 1 aromatic rings. The second-order valence-corrected chi connectivity index (χ2v) is 5.78. The van der Waals surface area contributed by atoms with Crippen LogP contribution in [0.4, 0.5) is 10.5 Å². The Bertz CT molecular complexity index is 571. The van der Waals surface area contributed by atoms with Gasteiger partial charge in [0.25, 0.3) is 5.91 Å². The summed E-state index contributed by atoms with van der Waals surface area (Å²) in [7, 11) is 0. The number of nitrogens with zero attached hydrogens (tertiary/aromatic N) is 2. The van der Waals surface area contributed by atoms with Gasteiger partial charge in [0.15, 0.2) is 0 Å². The van der Waals surface area contributed by atoms with E-state index in [1.54, 1.807) is 24.3 Å². The number of amides is 4. The molecule has 1 heterocycles. The van der Waals surface area contributed by atoms with Gasteiger partial charge in [-0.25, -0.2) is 4.79 Å². The maximum atomic E-state index is 12.3. The summed E-state index contributed by atoms with van der Waals surface area (Å²) in [4.78, 5) is 38.7. The van der Waals surface area contributed by atoms with E-state index in [-0.39, 0.29) is 36.9 Å². The van der Waals surface area contributed by atoms with Gasteiger partial charge < -0.3 is 5.32 Å². The van der Waals surface area contributed by atoms with Crippen LogP contribution in [0.15, 0.2) is 30.3 Å². The molecular weight excluding hydrogens is 282 g/mol. The van der Waals surface area contributed by atoms with E-state index in [9.17, 15) is 14.4 Å². The summed E-state index contributed by atoms with van der Waals surface area (Å²) in [5.41, 5.74) is 0.652. The smallest absolute Gasteiger partial charge is 0.332 e. The van der Waals surface area contributed by atoms with Crippen molar-refractivity contribution in [2.75, 3.05) is 18.0 Å². The number of rotatable bonds is 5. The van der Waals surface area contributed by atoms with Crippen LogP contribution in [0.5, 0.6) is 0 Å². The Labute approximate surface area is 130 Å². The lowest BCUT2D eigenvalue weighted by Crippen LogP contribution is -2.45. The van der Waals surface area contributed by atoms with Gasteiger partial charge in [0.05, 0.1) is 0 Å². The highest BCUT2D eigenvalue weighted by Crippen LogP contribution is 2.20. The summed E-state index contributed by atoms with van der Waals surface area (Å²) < 4.78 is 0. The summed E-state index contributed by atoms with van der Waals surface area (Å²) in [6.45, 7) is 5.61. The van der Waals surface area contributed by atoms with Gasteiger partial charge in [-0.15, -0.1) is 0 Å². The van der Waals surface area contributed by atoms with E-state index < -0.39 is 6.03 Å². The molecular formula is C16H21N3O3. The Kier molecular flexibility index (Phi) is 4.80. The van der Waals surface area contributed by atoms with Gasteiger partial charge in [-0.2, -0.15) is 0 Å². The first kappa shape index (κ1) is 16.0. The number of carbonyl (C=O) groups excluding carboxylic acids is 3. The first-order chi connectivity index (χ1) is 10.4. The number of imide groups is 1. The van der Waals surface area contributed by atoms with Crippen molar-refractivity contribution >= 4 is 23.5 Å². The van der Waals surface area contributed by atoms with Gasteiger partial charge in [0.2, 0.25) is 5.91 Å². The number of urea groups is 1. The van der Waals surface area contributed by atoms with Gasteiger partial charge in [-0.3, -0.25) is 19.4 Å². The minimum Gasteiger partial charge on any atom is -0.352 e. The molecule has 1 aliphatic heterocycles. The number of para-hydroxylation sites is 1. The third kappa shape index (κ3) is 3.44. The van der Waals surface area contributed by atoms with E-state index in [1.807, 2.05) is 26.8 Å². The summed E-state index contributed by atoms with van der Waals surface area (Å²) in [6.07, 6.45) is 0. The zero-order chi connectivity index (χ0) is 16.3. The van der Waals surface area contributed by atoms with Crippen molar-refractivity contribution in [2.24, 2.45) is 5.92 Å². The second kappa shape index (κ2) is 6.60. The van der Waals surface area contributed by atoms with Gasteiger partial charge in [0.1, 0.15) is 13.1 Å². The van der Waals surface area contributed by atoms with Crippen molar-refractivity contribution in [3.63, 3.8) is 0 Å². The topological polar surface area (TPSA) is 69.7 Å². The highest BCUT2D eigenvalue weighted by Gasteiger charge is 2.37. The van der Waals surface area contributed by atoms with Crippen LogP contribution in [0.2, 0.25) is 0 Å². The van der Waals surface area contributed by atoms with Crippen molar-refractivity contribution in [2.45, 2.75) is 26.8 Å². The Morgan fingerprint density at radius 2 is 1.82 bits per heavy atom. The number of hydrogen-bond acceptors (Lipinski definition) is 3. The standard InChI is InChI=1S/C16H21N3O3/c1-11(2)12(3)17-14(20)9-19-15(21)10-18(16(19)22)13-7-5-4-6-8-13/h4-8,11-12H,9-10H2,1-3H3,(H,17,20). The molecule has 22 heavy (non-hydrogen) atoms. The minimum atomic E-state index is -0.455. The average Bonchev–Trinajstić information content (AvgIpc) is 2.76. The highest BCUT2D eigenvalue weighted by atomic mass is 16.2. The molecule has 6 heteroatoms. The zero-order valence-electron chi connectivity index (χ0n) is 13.1. The van der Waals surface area contributed by atoms with Crippen LogP contribution in [-0.2, 0) is 9.59 Å². The van der Waals surface area contributed by atoms with Gasteiger partial charge in [0, 0.05) is 11.7 Å². The van der Waals surface area contributed by atoms with Gasteiger partial charge in [-0.05, 0) is 25.0 Å². The number of benzene rings is 1. The summed E-state index contributed by atoms with van der Waals surface area (Å²) in [5, 5.41) is 2.80. The molecule has 0 radical (unpaired) electrons. The van der Waals surface area contributed by atoms with Crippen LogP contribution >= 0.6 is 0 Å². The Hall–Kier alpha value is -2.37. The monoisotopic (exact) mass is 303 g/mol. The van der Waals surface area contributed by atoms with Crippen molar-refractivity contribution in [1.82, 2.24) is 10.2 Å². The molecule has 0 saturated carbocycles. The molecule has 1 aliphatic rings. The molecule has 1 aromatic carbocycles. The van der Waals surface area contributed by atoms with Crippen molar-refractivity contribution in [1.29, 1.82) is 0 Å². The van der Waals surface area contributed by atoms with E-state index in [0.717, 1.165) is 4.90 Å². The minimum absolute atomic E-state index is 0.00877. The highest BCUT2D eigenvalue weighted by molar-refractivity contribution is 6.13. The molecule has 4 amide bonds. The van der Waals surface area contributed by atoms with Crippen LogP contribution in [0, 0.1) is 5.92 Å². The Morgan fingerprint density at radius 3 is 2.41 bits per heavy atom. The fourth-order valence-electron chi connectivity index (χ4n) is 2.12.